The summed E-state index contributed by atoms with van der Waals surface area (Å²) in [5.41, 5.74) is 4.53. The normalized spacial score (nSPS) is 10.5. The molecule has 4 heteroatoms. The molecular weight excluding hydrogens is 298 g/mol. The monoisotopic (exact) mass is 319 g/mol. The topological polar surface area (TPSA) is 57.8 Å². The SMILES string of the molecule is CCCc1cc(C(=O)Nc2ccccc2Cc2ccccc2)n[nH]1. The molecule has 3 rings (SSSR count). The zero-order chi connectivity index (χ0) is 16.8. The van der Waals surface area contributed by atoms with Crippen molar-refractivity contribution in [2.75, 3.05) is 5.32 Å². The first-order valence-electron chi connectivity index (χ1n) is 8.23. The summed E-state index contributed by atoms with van der Waals surface area (Å²) in [7, 11) is 0. The van der Waals surface area contributed by atoms with Crippen molar-refractivity contribution in [1.29, 1.82) is 0 Å². The highest BCUT2D eigenvalue weighted by Crippen LogP contribution is 2.20. The van der Waals surface area contributed by atoms with Gasteiger partial charge in [0.1, 0.15) is 0 Å². The number of para-hydroxylation sites is 1. The molecular formula is C20H21N3O. The van der Waals surface area contributed by atoms with Gasteiger partial charge in [0, 0.05) is 11.4 Å². The van der Waals surface area contributed by atoms with Crippen molar-refractivity contribution in [3.8, 4) is 0 Å². The van der Waals surface area contributed by atoms with Gasteiger partial charge in [-0.3, -0.25) is 9.89 Å². The van der Waals surface area contributed by atoms with E-state index in [1.165, 1.54) is 5.56 Å². The number of benzene rings is 2. The number of hydrogen-bond donors (Lipinski definition) is 2. The quantitative estimate of drug-likeness (QED) is 0.715. The van der Waals surface area contributed by atoms with Crippen molar-refractivity contribution in [3.63, 3.8) is 0 Å². The van der Waals surface area contributed by atoms with Gasteiger partial charge in [-0.05, 0) is 36.1 Å². The van der Waals surface area contributed by atoms with Crippen LogP contribution in [0.2, 0.25) is 0 Å². The lowest BCUT2D eigenvalue weighted by Gasteiger charge is -2.10. The molecule has 0 bridgehead atoms. The van der Waals surface area contributed by atoms with E-state index in [2.05, 4.69) is 34.6 Å². The Kier molecular flexibility index (Phi) is 5.06. The van der Waals surface area contributed by atoms with Crippen LogP contribution < -0.4 is 5.32 Å². The number of carbonyl (C=O) groups excluding carboxylic acids is 1. The summed E-state index contributed by atoms with van der Waals surface area (Å²) in [6, 6.07) is 19.9. The average molecular weight is 319 g/mol. The molecule has 0 unspecified atom stereocenters. The van der Waals surface area contributed by atoms with E-state index in [-0.39, 0.29) is 5.91 Å². The first-order chi connectivity index (χ1) is 11.8. The highest BCUT2D eigenvalue weighted by molar-refractivity contribution is 6.03. The maximum absolute atomic E-state index is 12.4. The van der Waals surface area contributed by atoms with Crippen molar-refractivity contribution in [2.24, 2.45) is 0 Å². The van der Waals surface area contributed by atoms with E-state index in [4.69, 9.17) is 0 Å². The molecule has 0 spiro atoms. The van der Waals surface area contributed by atoms with E-state index in [1.54, 1.807) is 0 Å². The Hall–Kier alpha value is -2.88. The Morgan fingerprint density at radius 1 is 1.08 bits per heavy atom. The van der Waals surface area contributed by atoms with E-state index in [0.29, 0.717) is 5.69 Å². The molecule has 2 N–H and O–H groups in total. The third-order valence-corrected chi connectivity index (χ3v) is 3.89. The number of nitrogens with zero attached hydrogens (tertiary/aromatic N) is 1. The zero-order valence-corrected chi connectivity index (χ0v) is 13.8. The first kappa shape index (κ1) is 16.0. The second-order valence-electron chi connectivity index (χ2n) is 5.80. The number of amides is 1. The van der Waals surface area contributed by atoms with Crippen molar-refractivity contribution < 1.29 is 4.79 Å². The minimum atomic E-state index is -0.186. The number of nitrogens with one attached hydrogen (secondary N) is 2. The molecule has 0 fully saturated rings. The van der Waals surface area contributed by atoms with Crippen LogP contribution >= 0.6 is 0 Å². The summed E-state index contributed by atoms with van der Waals surface area (Å²) in [4.78, 5) is 12.4. The maximum Gasteiger partial charge on any atom is 0.276 e. The fourth-order valence-electron chi connectivity index (χ4n) is 2.67. The fourth-order valence-corrected chi connectivity index (χ4v) is 2.67. The van der Waals surface area contributed by atoms with Crippen LogP contribution in [0.5, 0.6) is 0 Å². The van der Waals surface area contributed by atoms with Gasteiger partial charge in [0.2, 0.25) is 0 Å². The van der Waals surface area contributed by atoms with Gasteiger partial charge in [-0.2, -0.15) is 5.10 Å². The van der Waals surface area contributed by atoms with Crippen LogP contribution in [0.25, 0.3) is 0 Å². The van der Waals surface area contributed by atoms with Crippen LogP contribution in [-0.2, 0) is 12.8 Å². The molecule has 0 saturated carbocycles. The van der Waals surface area contributed by atoms with Crippen LogP contribution in [0, 0.1) is 0 Å². The summed E-state index contributed by atoms with van der Waals surface area (Å²) in [5, 5.41) is 10.0. The number of aromatic nitrogens is 2. The molecule has 24 heavy (non-hydrogen) atoms. The van der Waals surface area contributed by atoms with Crippen molar-refractivity contribution >= 4 is 11.6 Å². The number of hydrogen-bond acceptors (Lipinski definition) is 2. The van der Waals surface area contributed by atoms with Gasteiger partial charge in [0.05, 0.1) is 0 Å². The lowest BCUT2D eigenvalue weighted by Crippen LogP contribution is -2.14. The van der Waals surface area contributed by atoms with Gasteiger partial charge in [-0.15, -0.1) is 0 Å². The van der Waals surface area contributed by atoms with Crippen LogP contribution in [0.1, 0.15) is 40.7 Å². The molecule has 0 aliphatic carbocycles. The van der Waals surface area contributed by atoms with E-state index in [0.717, 1.165) is 36.2 Å². The van der Waals surface area contributed by atoms with E-state index < -0.39 is 0 Å². The smallest absolute Gasteiger partial charge is 0.276 e. The molecule has 2 aromatic carbocycles. The Morgan fingerprint density at radius 3 is 2.62 bits per heavy atom. The fraction of sp³-hybridized carbons (Fsp3) is 0.200. The Labute approximate surface area is 141 Å². The number of aryl methyl sites for hydroxylation is 1. The predicted octanol–water partition coefficient (Wildman–Crippen LogP) is 4.21. The van der Waals surface area contributed by atoms with Crippen LogP contribution in [-0.4, -0.2) is 16.1 Å². The van der Waals surface area contributed by atoms with Gasteiger partial charge >= 0.3 is 0 Å². The largest absolute Gasteiger partial charge is 0.320 e. The molecule has 1 amide bonds. The Morgan fingerprint density at radius 2 is 1.83 bits per heavy atom. The van der Waals surface area contributed by atoms with Crippen LogP contribution in [0.4, 0.5) is 5.69 Å². The molecule has 0 aliphatic rings. The number of rotatable bonds is 6. The molecule has 122 valence electrons. The van der Waals surface area contributed by atoms with Gasteiger partial charge in [-0.25, -0.2) is 0 Å². The highest BCUT2D eigenvalue weighted by Gasteiger charge is 2.12. The highest BCUT2D eigenvalue weighted by atomic mass is 16.1. The first-order valence-corrected chi connectivity index (χ1v) is 8.23. The molecule has 4 nitrogen and oxygen atoms in total. The Balaban J connectivity index is 1.76. The zero-order valence-electron chi connectivity index (χ0n) is 13.8. The standard InChI is InChI=1S/C20H21N3O/c1-2-8-17-14-19(23-22-17)20(24)21-18-12-7-6-11-16(18)13-15-9-4-3-5-10-15/h3-7,9-12,14H,2,8,13H2,1H3,(H,21,24)(H,22,23). The third kappa shape index (κ3) is 3.90. The van der Waals surface area contributed by atoms with E-state index >= 15 is 0 Å². The van der Waals surface area contributed by atoms with Gasteiger partial charge < -0.3 is 5.32 Å². The second-order valence-corrected chi connectivity index (χ2v) is 5.80. The molecule has 1 aromatic heterocycles. The molecule has 3 aromatic rings. The molecule has 0 radical (unpaired) electrons. The van der Waals surface area contributed by atoms with Gasteiger partial charge in [0.15, 0.2) is 5.69 Å². The van der Waals surface area contributed by atoms with Gasteiger partial charge in [-0.1, -0.05) is 61.9 Å². The number of aromatic amines is 1. The summed E-state index contributed by atoms with van der Waals surface area (Å²) < 4.78 is 0. The molecule has 1 heterocycles. The second kappa shape index (κ2) is 7.59. The molecule has 0 atom stereocenters. The maximum atomic E-state index is 12.4. The molecule has 0 aliphatic heterocycles. The number of H-pyrrole nitrogens is 1. The predicted molar refractivity (Wildman–Crippen MR) is 96.2 cm³/mol. The summed E-state index contributed by atoms with van der Waals surface area (Å²) >= 11 is 0. The van der Waals surface area contributed by atoms with Gasteiger partial charge in [0.25, 0.3) is 5.91 Å². The minimum Gasteiger partial charge on any atom is -0.320 e. The summed E-state index contributed by atoms with van der Waals surface area (Å²) in [6.45, 7) is 2.10. The van der Waals surface area contributed by atoms with Crippen molar-refractivity contribution in [1.82, 2.24) is 10.2 Å². The summed E-state index contributed by atoms with van der Waals surface area (Å²) in [6.07, 6.45) is 2.69. The molecule has 0 saturated heterocycles. The lowest BCUT2D eigenvalue weighted by molar-refractivity contribution is 0.102. The van der Waals surface area contributed by atoms with Crippen molar-refractivity contribution in [2.45, 2.75) is 26.2 Å². The lowest BCUT2D eigenvalue weighted by atomic mass is 10.0. The number of carbonyl (C=O) groups is 1. The summed E-state index contributed by atoms with van der Waals surface area (Å²) in [5.74, 6) is -0.186. The van der Waals surface area contributed by atoms with Crippen LogP contribution in [0.3, 0.4) is 0 Å². The third-order valence-electron chi connectivity index (χ3n) is 3.89. The minimum absolute atomic E-state index is 0.186. The van der Waals surface area contributed by atoms with Crippen molar-refractivity contribution in [3.05, 3.63) is 83.2 Å². The average Bonchev–Trinajstić information content (AvgIpc) is 3.07. The number of anilines is 1. The van der Waals surface area contributed by atoms with E-state index in [9.17, 15) is 4.79 Å². The Bertz CT molecular complexity index is 809. The van der Waals surface area contributed by atoms with Crippen LogP contribution in [0.15, 0.2) is 60.7 Å². The van der Waals surface area contributed by atoms with E-state index in [1.807, 2.05) is 48.5 Å².